The van der Waals surface area contributed by atoms with Crippen molar-refractivity contribution in [3.05, 3.63) is 38.6 Å². The maximum absolute atomic E-state index is 9.09. The second-order valence-electron chi connectivity index (χ2n) is 4.40. The molecule has 1 aromatic heterocycles. The van der Waals surface area contributed by atoms with Gasteiger partial charge in [0, 0.05) is 16.0 Å². The molecule has 1 aromatic carbocycles. The maximum Gasteiger partial charge on any atom is 0.113 e. The quantitative estimate of drug-likeness (QED) is 0.789. The van der Waals surface area contributed by atoms with Gasteiger partial charge in [-0.05, 0) is 32.0 Å². The van der Waals surface area contributed by atoms with E-state index in [-0.39, 0.29) is 0 Å². The Balaban J connectivity index is 2.45. The molecule has 1 heterocycles. The van der Waals surface area contributed by atoms with E-state index in [4.69, 9.17) is 28.5 Å². The molecule has 0 N–H and O–H groups in total. The van der Waals surface area contributed by atoms with Gasteiger partial charge in [0.15, 0.2) is 0 Å². The number of thiazole rings is 1. The summed E-state index contributed by atoms with van der Waals surface area (Å²) in [7, 11) is 0. The fraction of sp³-hybridized carbons (Fsp3) is 0.231. The van der Waals surface area contributed by atoms with Gasteiger partial charge < -0.3 is 0 Å². The van der Waals surface area contributed by atoms with E-state index in [1.807, 2.05) is 25.3 Å². The van der Waals surface area contributed by atoms with E-state index in [1.165, 1.54) is 11.3 Å². The van der Waals surface area contributed by atoms with E-state index in [0.717, 1.165) is 16.3 Å². The van der Waals surface area contributed by atoms with Crippen molar-refractivity contribution in [1.82, 2.24) is 4.98 Å². The van der Waals surface area contributed by atoms with Crippen molar-refractivity contribution in [2.45, 2.75) is 19.3 Å². The van der Waals surface area contributed by atoms with E-state index in [0.29, 0.717) is 10.0 Å². The molecule has 0 atom stereocenters. The standard InChI is InChI=1S/C13H10Cl2N2S/c1-13(2,7-16)12-17-11(6-18-12)9-4-3-8(14)5-10(9)15/h3-6H,1-2H3. The monoisotopic (exact) mass is 296 g/mol. The van der Waals surface area contributed by atoms with Gasteiger partial charge in [0.05, 0.1) is 16.8 Å². The third kappa shape index (κ3) is 2.51. The maximum atomic E-state index is 9.09. The molecule has 0 aliphatic heterocycles. The summed E-state index contributed by atoms with van der Waals surface area (Å²) in [5, 5.41) is 12.9. The van der Waals surface area contributed by atoms with Gasteiger partial charge in [0.1, 0.15) is 10.4 Å². The molecule has 2 rings (SSSR count). The molecule has 92 valence electrons. The fourth-order valence-electron chi connectivity index (χ4n) is 1.43. The summed E-state index contributed by atoms with van der Waals surface area (Å²) < 4.78 is 0. The molecule has 2 nitrogen and oxygen atoms in total. The van der Waals surface area contributed by atoms with Crippen LogP contribution in [0.3, 0.4) is 0 Å². The third-order valence-electron chi connectivity index (χ3n) is 2.53. The highest BCUT2D eigenvalue weighted by molar-refractivity contribution is 7.10. The lowest BCUT2D eigenvalue weighted by atomic mass is 9.97. The van der Waals surface area contributed by atoms with Gasteiger partial charge in [-0.2, -0.15) is 5.26 Å². The molecule has 0 saturated carbocycles. The van der Waals surface area contributed by atoms with Crippen LogP contribution < -0.4 is 0 Å². The number of benzene rings is 1. The Kier molecular flexibility index (Phi) is 3.63. The molecule has 0 amide bonds. The molecular weight excluding hydrogens is 287 g/mol. The van der Waals surface area contributed by atoms with Crippen LogP contribution in [0.1, 0.15) is 18.9 Å². The number of nitrogens with zero attached hydrogens (tertiary/aromatic N) is 2. The first kappa shape index (κ1) is 13.4. The summed E-state index contributed by atoms with van der Waals surface area (Å²) >= 11 is 13.5. The summed E-state index contributed by atoms with van der Waals surface area (Å²) in [5.74, 6) is 0. The minimum absolute atomic E-state index is 0.564. The van der Waals surface area contributed by atoms with E-state index in [2.05, 4.69) is 11.1 Å². The van der Waals surface area contributed by atoms with Gasteiger partial charge in [-0.15, -0.1) is 11.3 Å². The van der Waals surface area contributed by atoms with Crippen LogP contribution in [0.5, 0.6) is 0 Å². The third-order valence-corrected chi connectivity index (χ3v) is 4.24. The molecule has 0 spiro atoms. The minimum Gasteiger partial charge on any atom is -0.239 e. The SMILES string of the molecule is CC(C)(C#N)c1nc(-c2ccc(Cl)cc2Cl)cs1. The van der Waals surface area contributed by atoms with Crippen molar-refractivity contribution in [2.24, 2.45) is 0 Å². The van der Waals surface area contributed by atoms with Crippen LogP contribution in [0.2, 0.25) is 10.0 Å². The highest BCUT2D eigenvalue weighted by Crippen LogP contribution is 2.34. The first-order chi connectivity index (χ1) is 8.44. The summed E-state index contributed by atoms with van der Waals surface area (Å²) in [6.45, 7) is 3.69. The number of hydrogen-bond donors (Lipinski definition) is 0. The van der Waals surface area contributed by atoms with Gasteiger partial charge in [-0.25, -0.2) is 4.98 Å². The van der Waals surface area contributed by atoms with Crippen LogP contribution in [-0.4, -0.2) is 4.98 Å². The van der Waals surface area contributed by atoms with Crippen molar-refractivity contribution >= 4 is 34.5 Å². The molecule has 0 fully saturated rings. The zero-order valence-electron chi connectivity index (χ0n) is 9.87. The Bertz CT molecular complexity index is 626. The molecule has 0 unspecified atom stereocenters. The van der Waals surface area contributed by atoms with E-state index in [9.17, 15) is 0 Å². The molecule has 0 aliphatic carbocycles. The van der Waals surface area contributed by atoms with Crippen molar-refractivity contribution < 1.29 is 0 Å². The number of halogens is 2. The summed E-state index contributed by atoms with van der Waals surface area (Å²) in [6.07, 6.45) is 0. The molecular formula is C13H10Cl2N2S. The average molecular weight is 297 g/mol. The van der Waals surface area contributed by atoms with Gasteiger partial charge in [-0.1, -0.05) is 23.2 Å². The lowest BCUT2D eigenvalue weighted by molar-refractivity contribution is 0.680. The Morgan fingerprint density at radius 3 is 2.67 bits per heavy atom. The first-order valence-electron chi connectivity index (χ1n) is 5.27. The zero-order valence-corrected chi connectivity index (χ0v) is 12.2. The number of nitriles is 1. The van der Waals surface area contributed by atoms with Crippen LogP contribution in [0.25, 0.3) is 11.3 Å². The van der Waals surface area contributed by atoms with E-state index in [1.54, 1.807) is 12.1 Å². The van der Waals surface area contributed by atoms with Crippen LogP contribution in [0, 0.1) is 11.3 Å². The molecule has 18 heavy (non-hydrogen) atoms. The van der Waals surface area contributed by atoms with E-state index < -0.39 is 5.41 Å². The smallest absolute Gasteiger partial charge is 0.113 e. The van der Waals surface area contributed by atoms with Gasteiger partial charge in [0.2, 0.25) is 0 Å². The van der Waals surface area contributed by atoms with Crippen molar-refractivity contribution in [3.8, 4) is 17.3 Å². The topological polar surface area (TPSA) is 36.7 Å². The minimum atomic E-state index is -0.582. The van der Waals surface area contributed by atoms with Gasteiger partial charge in [0.25, 0.3) is 0 Å². The molecule has 2 aromatic rings. The van der Waals surface area contributed by atoms with Gasteiger partial charge >= 0.3 is 0 Å². The first-order valence-corrected chi connectivity index (χ1v) is 6.90. The van der Waals surface area contributed by atoms with Crippen molar-refractivity contribution in [3.63, 3.8) is 0 Å². The normalized spacial score (nSPS) is 11.3. The Labute approximate surface area is 120 Å². The Hall–Kier alpha value is -1.08. The Morgan fingerprint density at radius 1 is 1.33 bits per heavy atom. The van der Waals surface area contributed by atoms with Crippen molar-refractivity contribution in [2.75, 3.05) is 0 Å². The van der Waals surface area contributed by atoms with E-state index >= 15 is 0 Å². The van der Waals surface area contributed by atoms with Crippen LogP contribution in [0.15, 0.2) is 23.6 Å². The highest BCUT2D eigenvalue weighted by Gasteiger charge is 2.24. The van der Waals surface area contributed by atoms with Crippen LogP contribution >= 0.6 is 34.5 Å². The fourth-order valence-corrected chi connectivity index (χ4v) is 2.83. The molecule has 0 radical (unpaired) electrons. The Morgan fingerprint density at radius 2 is 2.06 bits per heavy atom. The molecule has 5 heteroatoms. The lowest BCUT2D eigenvalue weighted by Crippen LogP contribution is -2.13. The summed E-state index contributed by atoms with van der Waals surface area (Å²) in [6, 6.07) is 7.54. The average Bonchev–Trinajstić information content (AvgIpc) is 2.79. The predicted molar refractivity (Wildman–Crippen MR) is 76.2 cm³/mol. The number of hydrogen-bond acceptors (Lipinski definition) is 3. The van der Waals surface area contributed by atoms with Crippen LogP contribution in [-0.2, 0) is 5.41 Å². The largest absolute Gasteiger partial charge is 0.239 e. The molecule has 0 aliphatic rings. The number of aromatic nitrogens is 1. The summed E-state index contributed by atoms with van der Waals surface area (Å²) in [5.41, 5.74) is 1.03. The highest BCUT2D eigenvalue weighted by atomic mass is 35.5. The second-order valence-corrected chi connectivity index (χ2v) is 6.10. The summed E-state index contributed by atoms with van der Waals surface area (Å²) in [4.78, 5) is 4.48. The van der Waals surface area contributed by atoms with Gasteiger partial charge in [-0.3, -0.25) is 0 Å². The van der Waals surface area contributed by atoms with Crippen LogP contribution in [0.4, 0.5) is 0 Å². The number of rotatable bonds is 2. The molecule has 0 saturated heterocycles. The second kappa shape index (κ2) is 4.89. The zero-order chi connectivity index (χ0) is 13.3. The molecule has 0 bridgehead atoms. The van der Waals surface area contributed by atoms with Crippen molar-refractivity contribution in [1.29, 1.82) is 5.26 Å². The predicted octanol–water partition coefficient (Wildman–Crippen LogP) is 4.92. The lowest BCUT2D eigenvalue weighted by Gasteiger charge is -2.10.